The van der Waals surface area contributed by atoms with Crippen molar-refractivity contribution in [2.24, 2.45) is 0 Å². The third-order valence-electron chi connectivity index (χ3n) is 4.49. The molecule has 0 radical (unpaired) electrons. The maximum Gasteiger partial charge on any atom is 0.237 e. The highest BCUT2D eigenvalue weighted by Gasteiger charge is 2.15. The lowest BCUT2D eigenvalue weighted by Crippen LogP contribution is -2.22. The van der Waals surface area contributed by atoms with Crippen molar-refractivity contribution >= 4 is 52.1 Å². The second-order valence-corrected chi connectivity index (χ2v) is 8.61. The molecule has 6 nitrogen and oxygen atoms in total. The van der Waals surface area contributed by atoms with Gasteiger partial charge in [0.05, 0.1) is 25.2 Å². The fourth-order valence-electron chi connectivity index (χ4n) is 2.86. The molecule has 1 atom stereocenters. The lowest BCUT2D eigenvalue weighted by Gasteiger charge is -2.15. The first kappa shape index (κ1) is 23.4. The molecule has 0 spiro atoms. The van der Waals surface area contributed by atoms with Crippen molar-refractivity contribution in [3.8, 4) is 11.5 Å². The summed E-state index contributed by atoms with van der Waals surface area (Å²) in [5.41, 5.74) is 2.33. The number of rotatable bonds is 8. The molecule has 0 saturated heterocycles. The number of carbonyl (C=O) groups is 1. The second kappa shape index (κ2) is 11.4. The van der Waals surface area contributed by atoms with E-state index in [1.165, 1.54) is 11.8 Å². The van der Waals surface area contributed by atoms with Crippen LogP contribution in [0.2, 0.25) is 0 Å². The quantitative estimate of drug-likeness (QED) is 0.293. The van der Waals surface area contributed by atoms with Gasteiger partial charge in [-0.25, -0.2) is 0 Å². The van der Waals surface area contributed by atoms with Crippen molar-refractivity contribution in [1.82, 2.24) is 0 Å². The molecule has 0 heterocycles. The Labute approximate surface area is 197 Å². The third-order valence-corrected chi connectivity index (χ3v) is 5.78. The van der Waals surface area contributed by atoms with Crippen molar-refractivity contribution in [1.29, 1.82) is 0 Å². The molecular weight excluding hydrogens is 442 g/mol. The molecule has 32 heavy (non-hydrogen) atoms. The molecule has 3 rings (SSSR count). The number of carbonyl (C=O) groups excluding carboxylic acids is 1. The Morgan fingerprint density at radius 2 is 1.62 bits per heavy atom. The fraction of sp³-hybridized carbons (Fsp3) is 0.167. The lowest BCUT2D eigenvalue weighted by molar-refractivity contribution is -0.115. The molecule has 0 fully saturated rings. The monoisotopic (exact) mass is 467 g/mol. The van der Waals surface area contributed by atoms with Gasteiger partial charge in [-0.15, -0.1) is 11.8 Å². The van der Waals surface area contributed by atoms with Crippen molar-refractivity contribution in [3.63, 3.8) is 0 Å². The summed E-state index contributed by atoms with van der Waals surface area (Å²) in [6, 6.07) is 22.6. The molecule has 3 aromatic carbocycles. The number of ether oxygens (including phenoxy) is 2. The Hall–Kier alpha value is -3.23. The molecule has 0 aliphatic heterocycles. The van der Waals surface area contributed by atoms with Crippen LogP contribution in [0.5, 0.6) is 11.5 Å². The van der Waals surface area contributed by atoms with E-state index in [0.29, 0.717) is 10.9 Å². The summed E-state index contributed by atoms with van der Waals surface area (Å²) < 4.78 is 10.5. The van der Waals surface area contributed by atoms with Gasteiger partial charge in [0.2, 0.25) is 5.91 Å². The van der Waals surface area contributed by atoms with Crippen LogP contribution < -0.4 is 25.4 Å². The number of hydrogen-bond donors (Lipinski definition) is 3. The van der Waals surface area contributed by atoms with Crippen LogP contribution in [0.4, 0.5) is 17.1 Å². The van der Waals surface area contributed by atoms with Gasteiger partial charge in [0.1, 0.15) is 11.5 Å². The van der Waals surface area contributed by atoms with E-state index in [4.69, 9.17) is 21.7 Å². The van der Waals surface area contributed by atoms with Crippen LogP contribution in [0.25, 0.3) is 0 Å². The van der Waals surface area contributed by atoms with Crippen LogP contribution in [0.3, 0.4) is 0 Å². The first-order chi connectivity index (χ1) is 15.5. The summed E-state index contributed by atoms with van der Waals surface area (Å²) in [6.45, 7) is 1.87. The van der Waals surface area contributed by atoms with E-state index >= 15 is 0 Å². The number of nitrogens with one attached hydrogen (secondary N) is 3. The van der Waals surface area contributed by atoms with E-state index in [-0.39, 0.29) is 11.2 Å². The summed E-state index contributed by atoms with van der Waals surface area (Å²) in [7, 11) is 3.22. The van der Waals surface area contributed by atoms with Gasteiger partial charge >= 0.3 is 0 Å². The van der Waals surface area contributed by atoms with Crippen LogP contribution in [0.15, 0.2) is 77.7 Å². The molecule has 1 amide bonds. The van der Waals surface area contributed by atoms with Crippen LogP contribution in [0, 0.1) is 0 Å². The third kappa shape index (κ3) is 6.63. The molecule has 166 valence electrons. The Morgan fingerprint density at radius 1 is 0.875 bits per heavy atom. The molecule has 0 aliphatic carbocycles. The number of para-hydroxylation sites is 2. The van der Waals surface area contributed by atoms with Crippen molar-refractivity contribution in [3.05, 3.63) is 72.8 Å². The van der Waals surface area contributed by atoms with Crippen molar-refractivity contribution < 1.29 is 14.3 Å². The van der Waals surface area contributed by atoms with Gasteiger partial charge in [0.25, 0.3) is 0 Å². The van der Waals surface area contributed by atoms with Gasteiger partial charge in [-0.05, 0) is 73.7 Å². The van der Waals surface area contributed by atoms with Crippen molar-refractivity contribution in [2.45, 2.75) is 17.1 Å². The van der Waals surface area contributed by atoms with Gasteiger partial charge < -0.3 is 25.4 Å². The highest BCUT2D eigenvalue weighted by Crippen LogP contribution is 2.28. The number of thiocarbonyl (C=S) groups is 1. The zero-order chi connectivity index (χ0) is 22.9. The van der Waals surface area contributed by atoms with E-state index in [9.17, 15) is 4.79 Å². The van der Waals surface area contributed by atoms with Crippen molar-refractivity contribution in [2.75, 3.05) is 30.2 Å². The smallest absolute Gasteiger partial charge is 0.237 e. The summed E-state index contributed by atoms with van der Waals surface area (Å²) in [6.07, 6.45) is 0. The van der Waals surface area contributed by atoms with Gasteiger partial charge in [-0.2, -0.15) is 0 Å². The van der Waals surface area contributed by atoms with Crippen LogP contribution >= 0.6 is 24.0 Å². The summed E-state index contributed by atoms with van der Waals surface area (Å²) in [5, 5.41) is 9.40. The molecule has 8 heteroatoms. The normalized spacial score (nSPS) is 11.2. The fourth-order valence-corrected chi connectivity index (χ4v) is 4.01. The number of anilines is 3. The number of benzene rings is 3. The van der Waals surface area contributed by atoms with Gasteiger partial charge in [0.15, 0.2) is 5.11 Å². The Kier molecular flexibility index (Phi) is 8.35. The van der Waals surface area contributed by atoms with Gasteiger partial charge in [-0.1, -0.05) is 18.2 Å². The van der Waals surface area contributed by atoms with E-state index in [1.54, 1.807) is 14.2 Å². The Bertz CT molecular complexity index is 1070. The molecule has 0 bridgehead atoms. The summed E-state index contributed by atoms with van der Waals surface area (Å²) >= 11 is 6.90. The zero-order valence-electron chi connectivity index (χ0n) is 18.0. The average molecular weight is 468 g/mol. The summed E-state index contributed by atoms with van der Waals surface area (Å²) in [5.74, 6) is 1.37. The predicted molar refractivity (Wildman–Crippen MR) is 136 cm³/mol. The van der Waals surface area contributed by atoms with E-state index in [0.717, 1.165) is 27.7 Å². The molecule has 0 aliphatic rings. The first-order valence-electron chi connectivity index (χ1n) is 9.91. The number of methoxy groups -OCH3 is 2. The van der Waals surface area contributed by atoms with E-state index in [1.807, 2.05) is 79.7 Å². The van der Waals surface area contributed by atoms with Crippen LogP contribution in [-0.2, 0) is 4.79 Å². The van der Waals surface area contributed by atoms with Gasteiger partial charge in [-0.3, -0.25) is 4.79 Å². The van der Waals surface area contributed by atoms with E-state index in [2.05, 4.69) is 16.0 Å². The number of hydrogen-bond acceptors (Lipinski definition) is 5. The zero-order valence-corrected chi connectivity index (χ0v) is 19.7. The van der Waals surface area contributed by atoms with Crippen LogP contribution in [-0.4, -0.2) is 30.5 Å². The second-order valence-electron chi connectivity index (χ2n) is 6.79. The predicted octanol–water partition coefficient (Wildman–Crippen LogP) is 5.63. The average Bonchev–Trinajstić information content (AvgIpc) is 2.80. The topological polar surface area (TPSA) is 71.6 Å². The minimum atomic E-state index is -0.286. The maximum atomic E-state index is 12.6. The highest BCUT2D eigenvalue weighted by atomic mass is 32.2. The summed E-state index contributed by atoms with van der Waals surface area (Å²) in [4.78, 5) is 13.5. The Balaban J connectivity index is 1.57. The SMILES string of the molecule is COc1ccc(NC(=O)C(C)Sc2cccc(NC(=S)Nc3ccccc3OC)c2)cc1. The molecular formula is C24H25N3O3S2. The Morgan fingerprint density at radius 3 is 2.34 bits per heavy atom. The molecule has 3 N–H and O–H groups in total. The number of amides is 1. The lowest BCUT2D eigenvalue weighted by atomic mass is 10.3. The highest BCUT2D eigenvalue weighted by molar-refractivity contribution is 8.00. The minimum absolute atomic E-state index is 0.0770. The maximum absolute atomic E-state index is 12.6. The molecule has 0 aromatic heterocycles. The first-order valence-corrected chi connectivity index (χ1v) is 11.2. The molecule has 3 aromatic rings. The van der Waals surface area contributed by atoms with Gasteiger partial charge in [0, 0.05) is 16.3 Å². The van der Waals surface area contributed by atoms with Crippen LogP contribution in [0.1, 0.15) is 6.92 Å². The number of thioether (sulfide) groups is 1. The standard InChI is InChI=1S/C24H25N3O3S2/c1-16(23(28)25-17-11-13-19(29-2)14-12-17)32-20-8-6-7-18(15-20)26-24(31)27-21-9-4-5-10-22(21)30-3/h4-16H,1-3H3,(H,25,28)(H2,26,27,31). The largest absolute Gasteiger partial charge is 0.497 e. The molecule has 1 unspecified atom stereocenters. The van der Waals surface area contributed by atoms with E-state index < -0.39 is 0 Å². The minimum Gasteiger partial charge on any atom is -0.497 e. The molecule has 0 saturated carbocycles.